The lowest BCUT2D eigenvalue weighted by Gasteiger charge is -2.03. The topological polar surface area (TPSA) is 90.0 Å². The first-order valence-electron chi connectivity index (χ1n) is 4.28. The maximum absolute atomic E-state index is 11.3. The molecule has 0 radical (unpaired) electrons. The molecule has 15 heavy (non-hydrogen) atoms. The van der Waals surface area contributed by atoms with Gasteiger partial charge < -0.3 is 5.41 Å². The van der Waals surface area contributed by atoms with Gasteiger partial charge in [-0.25, -0.2) is 5.53 Å². The molecule has 0 aliphatic rings. The van der Waals surface area contributed by atoms with Crippen LogP contribution in [0.5, 0.6) is 0 Å². The van der Waals surface area contributed by atoms with Gasteiger partial charge in [0, 0.05) is 18.0 Å². The minimum Gasteiger partial charge on any atom is -0.306 e. The molecule has 76 valence electrons. The van der Waals surface area contributed by atoms with Crippen LogP contribution in [-0.4, -0.2) is 17.1 Å². The second-order valence-corrected chi connectivity index (χ2v) is 2.72. The van der Waals surface area contributed by atoms with Crippen LogP contribution in [0, 0.1) is 10.9 Å². The number of carbonyl (C=O) groups is 1. The number of hydrogen-bond donors (Lipinski definition) is 2. The van der Waals surface area contributed by atoms with E-state index in [9.17, 15) is 4.79 Å². The number of pyridine rings is 1. The van der Waals surface area contributed by atoms with Crippen molar-refractivity contribution in [3.63, 3.8) is 0 Å². The number of nitrogens with zero attached hydrogens (tertiary/aromatic N) is 2. The Bertz CT molecular complexity index is 437. The molecule has 5 heteroatoms. The molecular formula is C10H10N4O. The number of hydrogen-bond acceptors (Lipinski definition) is 4. The highest BCUT2D eigenvalue weighted by molar-refractivity contribution is 6.00. The van der Waals surface area contributed by atoms with E-state index in [-0.39, 0.29) is 5.56 Å². The van der Waals surface area contributed by atoms with Crippen LogP contribution in [0.2, 0.25) is 0 Å². The fourth-order valence-corrected chi connectivity index (χ4v) is 1.19. The number of aromatic nitrogens is 1. The molecule has 0 fully saturated rings. The van der Waals surface area contributed by atoms with E-state index in [0.29, 0.717) is 11.3 Å². The Morgan fingerprint density at radius 1 is 1.60 bits per heavy atom. The second kappa shape index (κ2) is 4.90. The molecular weight excluding hydrogens is 192 g/mol. The van der Waals surface area contributed by atoms with Crippen molar-refractivity contribution in [3.8, 4) is 0 Å². The van der Waals surface area contributed by atoms with Gasteiger partial charge in [0.1, 0.15) is 0 Å². The number of allylic oxidation sites excluding steroid dienone is 1. The van der Waals surface area contributed by atoms with Crippen molar-refractivity contribution < 1.29 is 4.79 Å². The maximum atomic E-state index is 11.3. The van der Waals surface area contributed by atoms with Crippen molar-refractivity contribution in [1.82, 2.24) is 4.98 Å². The van der Waals surface area contributed by atoms with E-state index in [0.717, 1.165) is 6.21 Å². The van der Waals surface area contributed by atoms with E-state index in [1.165, 1.54) is 12.3 Å². The third-order valence-electron chi connectivity index (χ3n) is 1.82. The molecule has 0 aliphatic heterocycles. The summed E-state index contributed by atoms with van der Waals surface area (Å²) in [6.45, 7) is 1.80. The van der Waals surface area contributed by atoms with Gasteiger partial charge in [0.2, 0.25) is 0 Å². The first kappa shape index (κ1) is 10.9. The monoisotopic (exact) mass is 202 g/mol. The molecule has 1 amide bonds. The van der Waals surface area contributed by atoms with Gasteiger partial charge in [0.15, 0.2) is 0 Å². The maximum Gasteiger partial charge on any atom is 0.295 e. The molecule has 0 bridgehead atoms. The molecule has 1 heterocycles. The number of carbonyl (C=O) groups excluding carboxylic acids is 1. The van der Waals surface area contributed by atoms with Gasteiger partial charge >= 0.3 is 0 Å². The van der Waals surface area contributed by atoms with E-state index >= 15 is 0 Å². The fraction of sp³-hybridized carbons (Fsp3) is 0.100. The molecule has 0 saturated heterocycles. The average Bonchev–Trinajstić information content (AvgIpc) is 2.28. The number of rotatable bonds is 3. The molecule has 0 atom stereocenters. The molecule has 2 N–H and O–H groups in total. The van der Waals surface area contributed by atoms with Crippen LogP contribution < -0.4 is 0 Å². The van der Waals surface area contributed by atoms with Crippen molar-refractivity contribution in [2.45, 2.75) is 6.92 Å². The van der Waals surface area contributed by atoms with Gasteiger partial charge in [0.05, 0.1) is 11.3 Å². The minimum absolute atomic E-state index is 0.289. The highest BCUT2D eigenvalue weighted by Crippen LogP contribution is 2.14. The molecule has 5 nitrogen and oxygen atoms in total. The Hall–Kier alpha value is -2.17. The molecule has 1 aromatic heterocycles. The summed E-state index contributed by atoms with van der Waals surface area (Å²) in [6.07, 6.45) is 5.90. The van der Waals surface area contributed by atoms with Crippen LogP contribution in [0.3, 0.4) is 0 Å². The predicted octanol–water partition coefficient (Wildman–Crippen LogP) is 2.28. The Kier molecular flexibility index (Phi) is 3.56. The van der Waals surface area contributed by atoms with Crippen LogP contribution in [0.15, 0.2) is 23.5 Å². The van der Waals surface area contributed by atoms with E-state index < -0.39 is 5.91 Å². The Labute approximate surface area is 86.9 Å². The summed E-state index contributed by atoms with van der Waals surface area (Å²) in [4.78, 5) is 15.2. The van der Waals surface area contributed by atoms with Crippen LogP contribution in [0.4, 0.5) is 0 Å². The quantitative estimate of drug-likeness (QED) is 0.581. The van der Waals surface area contributed by atoms with E-state index in [1.54, 1.807) is 19.1 Å². The summed E-state index contributed by atoms with van der Waals surface area (Å²) >= 11 is 0. The summed E-state index contributed by atoms with van der Waals surface area (Å²) in [6, 6.07) is 1.49. The Balaban J connectivity index is 3.43. The van der Waals surface area contributed by atoms with Gasteiger partial charge in [-0.05, 0) is 13.0 Å². The van der Waals surface area contributed by atoms with Crippen LogP contribution in [-0.2, 0) is 0 Å². The standard InChI is InChI=1S/C10H10N4O/c1-2-3-7-8(10(15)14-12)4-5-13-9(7)6-11/h2-6,11-12H,1H3/b3-2-,11-6?,14-12?. The van der Waals surface area contributed by atoms with Gasteiger partial charge in [-0.3, -0.25) is 9.78 Å². The molecule has 1 rings (SSSR count). The van der Waals surface area contributed by atoms with E-state index in [4.69, 9.17) is 10.9 Å². The predicted molar refractivity (Wildman–Crippen MR) is 56.3 cm³/mol. The third-order valence-corrected chi connectivity index (χ3v) is 1.82. The van der Waals surface area contributed by atoms with Crippen LogP contribution in [0.1, 0.15) is 28.5 Å². The molecule has 0 aromatic carbocycles. The first-order chi connectivity index (χ1) is 7.24. The fourth-order valence-electron chi connectivity index (χ4n) is 1.19. The van der Waals surface area contributed by atoms with Crippen molar-refractivity contribution in [2.75, 3.05) is 0 Å². The highest BCUT2D eigenvalue weighted by atomic mass is 16.1. The van der Waals surface area contributed by atoms with Gasteiger partial charge in [0.25, 0.3) is 5.91 Å². The van der Waals surface area contributed by atoms with E-state index in [2.05, 4.69) is 10.1 Å². The number of nitrogens with one attached hydrogen (secondary N) is 2. The SMILES string of the molecule is C/C=C\c1c(C(=O)N=N)ccnc1C=N. The zero-order valence-electron chi connectivity index (χ0n) is 8.19. The van der Waals surface area contributed by atoms with Gasteiger partial charge in [-0.15, -0.1) is 5.11 Å². The zero-order valence-corrected chi connectivity index (χ0v) is 8.19. The van der Waals surface area contributed by atoms with Gasteiger partial charge in [-0.2, -0.15) is 0 Å². The largest absolute Gasteiger partial charge is 0.306 e. The second-order valence-electron chi connectivity index (χ2n) is 2.72. The minimum atomic E-state index is -0.631. The summed E-state index contributed by atoms with van der Waals surface area (Å²) in [5, 5.41) is 10.00. The summed E-state index contributed by atoms with van der Waals surface area (Å²) < 4.78 is 0. The van der Waals surface area contributed by atoms with Gasteiger partial charge in [-0.1, -0.05) is 12.2 Å². The van der Waals surface area contributed by atoms with Crippen molar-refractivity contribution in [2.24, 2.45) is 5.11 Å². The zero-order chi connectivity index (χ0) is 11.3. The first-order valence-corrected chi connectivity index (χ1v) is 4.28. The molecule has 1 aromatic rings. The average molecular weight is 202 g/mol. The summed E-state index contributed by atoms with van der Waals surface area (Å²) in [5.74, 6) is -0.631. The Morgan fingerprint density at radius 2 is 2.33 bits per heavy atom. The lowest BCUT2D eigenvalue weighted by Crippen LogP contribution is -2.02. The summed E-state index contributed by atoms with van der Waals surface area (Å²) in [5.41, 5.74) is 7.88. The Morgan fingerprint density at radius 3 is 2.87 bits per heavy atom. The lowest BCUT2D eigenvalue weighted by atomic mass is 10.1. The van der Waals surface area contributed by atoms with E-state index in [1.807, 2.05) is 0 Å². The molecule has 0 aliphatic carbocycles. The summed E-state index contributed by atoms with van der Waals surface area (Å²) in [7, 11) is 0. The highest BCUT2D eigenvalue weighted by Gasteiger charge is 2.11. The molecule has 0 spiro atoms. The van der Waals surface area contributed by atoms with Crippen LogP contribution >= 0.6 is 0 Å². The van der Waals surface area contributed by atoms with Crippen molar-refractivity contribution in [3.05, 3.63) is 35.2 Å². The molecule has 0 saturated carbocycles. The number of amides is 1. The third kappa shape index (κ3) is 2.19. The lowest BCUT2D eigenvalue weighted by molar-refractivity contribution is 0.0990. The molecule has 0 unspecified atom stereocenters. The van der Waals surface area contributed by atoms with Crippen molar-refractivity contribution >= 4 is 18.2 Å². The smallest absolute Gasteiger partial charge is 0.295 e. The van der Waals surface area contributed by atoms with Crippen LogP contribution in [0.25, 0.3) is 6.08 Å². The van der Waals surface area contributed by atoms with Crippen molar-refractivity contribution in [1.29, 1.82) is 10.9 Å². The normalized spacial score (nSPS) is 10.2.